The minimum Gasteiger partial charge on any atom is -0.453 e. The number of nitrogens with zero attached hydrogens (tertiary/aromatic N) is 3. The highest BCUT2D eigenvalue weighted by Crippen LogP contribution is 2.24. The number of esters is 1. The van der Waals surface area contributed by atoms with E-state index in [1.807, 2.05) is 4.90 Å². The van der Waals surface area contributed by atoms with Crippen LogP contribution in [-0.4, -0.2) is 52.9 Å². The van der Waals surface area contributed by atoms with Crippen LogP contribution >= 0.6 is 0 Å². The van der Waals surface area contributed by atoms with Gasteiger partial charge in [-0.05, 0) is 6.92 Å². The number of hydrogen-bond acceptors (Lipinski definition) is 6. The quantitative estimate of drug-likeness (QED) is 0.769. The first kappa shape index (κ1) is 17.3. The van der Waals surface area contributed by atoms with Crippen molar-refractivity contribution in [3.8, 4) is 0 Å². The minimum atomic E-state index is -5.09. The van der Waals surface area contributed by atoms with Crippen molar-refractivity contribution in [2.24, 2.45) is 0 Å². The number of aromatic nitrogens is 3. The molecular formula is C14H16F3N5O3. The molecule has 136 valence electrons. The van der Waals surface area contributed by atoms with E-state index in [1.54, 1.807) is 6.92 Å². The molecule has 8 nitrogen and oxygen atoms in total. The average molecular weight is 359 g/mol. The Morgan fingerprint density at radius 2 is 2.04 bits per heavy atom. The zero-order valence-corrected chi connectivity index (χ0v) is 13.3. The molecule has 0 aliphatic carbocycles. The number of ether oxygens (including phenoxy) is 1. The second kappa shape index (κ2) is 6.39. The molecule has 2 N–H and O–H groups in total. The van der Waals surface area contributed by atoms with Gasteiger partial charge in [0.15, 0.2) is 5.65 Å². The van der Waals surface area contributed by atoms with Crippen molar-refractivity contribution >= 4 is 17.3 Å². The summed E-state index contributed by atoms with van der Waals surface area (Å²) in [4.78, 5) is 29.3. The lowest BCUT2D eigenvalue weighted by molar-refractivity contribution is -0.201. The van der Waals surface area contributed by atoms with Crippen LogP contribution in [-0.2, 0) is 16.1 Å². The van der Waals surface area contributed by atoms with E-state index in [4.69, 9.17) is 0 Å². The molecule has 0 radical (unpaired) electrons. The zero-order valence-electron chi connectivity index (χ0n) is 13.3. The summed E-state index contributed by atoms with van der Waals surface area (Å²) >= 11 is 0. The second-order valence-electron chi connectivity index (χ2n) is 5.64. The van der Waals surface area contributed by atoms with Crippen LogP contribution in [0.3, 0.4) is 0 Å². The van der Waals surface area contributed by atoms with Gasteiger partial charge in [0.1, 0.15) is 12.3 Å². The molecule has 2 aromatic rings. The fourth-order valence-corrected chi connectivity index (χ4v) is 2.75. The number of fused-ring (bicyclic) bond motifs is 1. The highest BCUT2D eigenvalue weighted by atomic mass is 19.4. The first-order valence-corrected chi connectivity index (χ1v) is 7.58. The Kier molecular flexibility index (Phi) is 4.41. The van der Waals surface area contributed by atoms with Crippen LogP contribution in [0, 0.1) is 6.92 Å². The van der Waals surface area contributed by atoms with Gasteiger partial charge in [-0.25, -0.2) is 9.78 Å². The van der Waals surface area contributed by atoms with Crippen LogP contribution in [0.1, 0.15) is 11.4 Å². The topological polar surface area (TPSA) is 91.7 Å². The SMILES string of the molecule is Cc1[nH]n2c(=O)cc(COC(=O)C(F)(F)F)nc2c1N1CCNCC1. The Hall–Kier alpha value is -2.56. The molecule has 1 fully saturated rings. The number of halogens is 3. The lowest BCUT2D eigenvalue weighted by atomic mass is 10.3. The smallest absolute Gasteiger partial charge is 0.453 e. The van der Waals surface area contributed by atoms with Crippen LogP contribution in [0.2, 0.25) is 0 Å². The molecule has 0 bridgehead atoms. The van der Waals surface area contributed by atoms with E-state index in [-0.39, 0.29) is 5.69 Å². The average Bonchev–Trinajstić information content (AvgIpc) is 2.89. The van der Waals surface area contributed by atoms with Crippen molar-refractivity contribution in [3.63, 3.8) is 0 Å². The van der Waals surface area contributed by atoms with Gasteiger partial charge in [0, 0.05) is 32.2 Å². The number of hydrogen-bond donors (Lipinski definition) is 2. The predicted octanol–water partition coefficient (Wildman–Crippen LogP) is 0.346. The van der Waals surface area contributed by atoms with E-state index in [1.165, 1.54) is 4.52 Å². The summed E-state index contributed by atoms with van der Waals surface area (Å²) in [5.74, 6) is -2.32. The van der Waals surface area contributed by atoms with Crippen molar-refractivity contribution in [1.29, 1.82) is 0 Å². The highest BCUT2D eigenvalue weighted by Gasteiger charge is 2.41. The Morgan fingerprint density at radius 3 is 2.68 bits per heavy atom. The van der Waals surface area contributed by atoms with Crippen molar-refractivity contribution < 1.29 is 22.7 Å². The number of carbonyl (C=O) groups is 1. The Bertz CT molecular complexity index is 852. The van der Waals surface area contributed by atoms with Crippen LogP contribution in [0.15, 0.2) is 10.9 Å². The van der Waals surface area contributed by atoms with Crippen LogP contribution < -0.4 is 15.8 Å². The normalized spacial score (nSPS) is 15.6. The molecule has 1 aliphatic rings. The number of aromatic amines is 1. The fraction of sp³-hybridized carbons (Fsp3) is 0.500. The number of alkyl halides is 3. The lowest BCUT2D eigenvalue weighted by Gasteiger charge is -2.28. The van der Waals surface area contributed by atoms with E-state index in [0.717, 1.165) is 24.8 Å². The van der Waals surface area contributed by atoms with Gasteiger partial charge in [0.2, 0.25) is 0 Å². The maximum atomic E-state index is 12.2. The summed E-state index contributed by atoms with van der Waals surface area (Å²) in [5, 5.41) is 6.11. The fourth-order valence-electron chi connectivity index (χ4n) is 2.75. The van der Waals surface area contributed by atoms with Crippen LogP contribution in [0.25, 0.3) is 5.65 Å². The van der Waals surface area contributed by atoms with E-state index in [9.17, 15) is 22.8 Å². The molecule has 0 amide bonds. The Morgan fingerprint density at radius 1 is 1.36 bits per heavy atom. The number of H-pyrrole nitrogens is 1. The molecule has 0 unspecified atom stereocenters. The van der Waals surface area contributed by atoms with Gasteiger partial charge in [-0.1, -0.05) is 0 Å². The molecule has 1 saturated heterocycles. The molecule has 3 heterocycles. The predicted molar refractivity (Wildman–Crippen MR) is 81.5 cm³/mol. The minimum absolute atomic E-state index is 0.0435. The van der Waals surface area contributed by atoms with E-state index >= 15 is 0 Å². The van der Waals surface area contributed by atoms with Crippen LogP contribution in [0.5, 0.6) is 0 Å². The summed E-state index contributed by atoms with van der Waals surface area (Å²) in [6, 6.07) is 1.04. The number of piperazine rings is 1. The van der Waals surface area contributed by atoms with Gasteiger partial charge in [0.05, 0.1) is 11.4 Å². The molecule has 0 spiro atoms. The molecular weight excluding hydrogens is 343 g/mol. The molecule has 0 atom stereocenters. The van der Waals surface area contributed by atoms with E-state index in [2.05, 4.69) is 20.1 Å². The van der Waals surface area contributed by atoms with Gasteiger partial charge < -0.3 is 15.0 Å². The molecule has 0 aromatic carbocycles. The van der Waals surface area contributed by atoms with Crippen molar-refractivity contribution in [1.82, 2.24) is 19.9 Å². The Labute approximate surface area is 139 Å². The molecule has 0 saturated carbocycles. The summed E-state index contributed by atoms with van der Waals surface area (Å²) < 4.78 is 42.1. The maximum absolute atomic E-state index is 12.2. The summed E-state index contributed by atoms with van der Waals surface area (Å²) in [7, 11) is 0. The highest BCUT2D eigenvalue weighted by molar-refractivity contribution is 5.75. The van der Waals surface area contributed by atoms with Crippen LogP contribution in [0.4, 0.5) is 18.9 Å². The zero-order chi connectivity index (χ0) is 18.2. The molecule has 11 heteroatoms. The number of rotatable bonds is 3. The molecule has 2 aromatic heterocycles. The summed E-state index contributed by atoms with van der Waals surface area (Å²) in [6.45, 7) is 4.01. The maximum Gasteiger partial charge on any atom is 0.490 e. The van der Waals surface area contributed by atoms with Crippen molar-refractivity contribution in [2.75, 3.05) is 31.1 Å². The Balaban J connectivity index is 1.94. The monoisotopic (exact) mass is 359 g/mol. The first-order chi connectivity index (χ1) is 11.8. The third kappa shape index (κ3) is 3.45. The third-order valence-corrected chi connectivity index (χ3v) is 3.83. The van der Waals surface area contributed by atoms with E-state index in [0.29, 0.717) is 24.4 Å². The molecule has 25 heavy (non-hydrogen) atoms. The first-order valence-electron chi connectivity index (χ1n) is 7.58. The molecule has 1 aliphatic heterocycles. The third-order valence-electron chi connectivity index (χ3n) is 3.83. The van der Waals surface area contributed by atoms with Crippen molar-refractivity contribution in [3.05, 3.63) is 27.8 Å². The number of anilines is 1. The van der Waals surface area contributed by atoms with Crippen molar-refractivity contribution in [2.45, 2.75) is 19.7 Å². The largest absolute Gasteiger partial charge is 0.490 e. The number of nitrogens with one attached hydrogen (secondary N) is 2. The summed E-state index contributed by atoms with van der Waals surface area (Å²) in [5.41, 5.74) is 1.19. The van der Waals surface area contributed by atoms with Gasteiger partial charge in [-0.15, -0.1) is 0 Å². The number of carbonyl (C=O) groups excluding carboxylic acids is 1. The lowest BCUT2D eigenvalue weighted by Crippen LogP contribution is -2.43. The van der Waals surface area contributed by atoms with Gasteiger partial charge in [0.25, 0.3) is 5.56 Å². The number of aryl methyl sites for hydroxylation is 1. The van der Waals surface area contributed by atoms with E-state index < -0.39 is 24.3 Å². The standard InChI is InChI=1S/C14H16F3N5O3/c1-8-11(21-4-2-18-3-5-21)12-19-9(6-10(23)22(12)20-8)7-25-13(24)14(15,16)17/h6,18,20H,2-5,7H2,1H3. The molecule has 3 rings (SSSR count). The summed E-state index contributed by atoms with van der Waals surface area (Å²) in [6.07, 6.45) is -5.09. The van der Waals surface area contributed by atoms with Gasteiger partial charge in [-0.2, -0.15) is 17.7 Å². The van der Waals surface area contributed by atoms with Gasteiger partial charge >= 0.3 is 12.1 Å². The van der Waals surface area contributed by atoms with Gasteiger partial charge in [-0.3, -0.25) is 9.89 Å². The second-order valence-corrected chi connectivity index (χ2v) is 5.64.